The van der Waals surface area contributed by atoms with Crippen LogP contribution in [0.5, 0.6) is 0 Å². The molecule has 0 aliphatic heterocycles. The van der Waals surface area contributed by atoms with Gasteiger partial charge in [-0.2, -0.15) is 0 Å². The fraction of sp³-hybridized carbons (Fsp3) is 0.647. The molecule has 0 amide bonds. The fourth-order valence-corrected chi connectivity index (χ4v) is 2.47. The van der Waals surface area contributed by atoms with Crippen molar-refractivity contribution >= 4 is 0 Å². The molecule has 1 aromatic carbocycles. The van der Waals surface area contributed by atoms with Crippen LogP contribution in [0.1, 0.15) is 62.5 Å². The van der Waals surface area contributed by atoms with E-state index in [1.165, 1.54) is 49.7 Å². The summed E-state index contributed by atoms with van der Waals surface area (Å²) in [6.45, 7) is 5.52. The van der Waals surface area contributed by atoms with Gasteiger partial charge in [-0.05, 0) is 31.9 Å². The summed E-state index contributed by atoms with van der Waals surface area (Å²) in [4.78, 5) is 0. The number of benzene rings is 1. The number of hydrogen-bond acceptors (Lipinski definition) is 1. The summed E-state index contributed by atoms with van der Waals surface area (Å²) in [6.07, 6.45) is 8.18. The molecule has 0 bridgehead atoms. The first kappa shape index (κ1) is 15.2. The molecule has 0 saturated heterocycles. The Morgan fingerprint density at radius 2 is 1.67 bits per heavy atom. The minimum Gasteiger partial charge on any atom is -0.319 e. The van der Waals surface area contributed by atoms with Crippen LogP contribution >= 0.6 is 0 Å². The van der Waals surface area contributed by atoms with Crippen molar-refractivity contribution in [2.45, 2.75) is 58.3 Å². The van der Waals surface area contributed by atoms with Gasteiger partial charge in [0.05, 0.1) is 0 Å². The van der Waals surface area contributed by atoms with E-state index in [1.54, 1.807) is 0 Å². The summed E-state index contributed by atoms with van der Waals surface area (Å²) in [6, 6.07) is 9.05. The highest BCUT2D eigenvalue weighted by molar-refractivity contribution is 5.24. The van der Waals surface area contributed by atoms with E-state index >= 15 is 0 Å². The molecule has 0 aliphatic rings. The molecule has 1 N–H and O–H groups in total. The zero-order valence-electron chi connectivity index (χ0n) is 12.3. The van der Waals surface area contributed by atoms with Gasteiger partial charge in [-0.3, -0.25) is 0 Å². The quantitative estimate of drug-likeness (QED) is 0.626. The van der Waals surface area contributed by atoms with Crippen molar-refractivity contribution in [1.82, 2.24) is 5.32 Å². The number of rotatable bonds is 9. The first-order chi connectivity index (χ1) is 8.77. The van der Waals surface area contributed by atoms with Gasteiger partial charge in [0.15, 0.2) is 0 Å². The maximum absolute atomic E-state index is 3.33. The minimum atomic E-state index is 0.678. The Bertz CT molecular complexity index is 302. The van der Waals surface area contributed by atoms with E-state index in [2.05, 4.69) is 50.5 Å². The van der Waals surface area contributed by atoms with Crippen LogP contribution in [0.3, 0.4) is 0 Å². The topological polar surface area (TPSA) is 12.0 Å². The van der Waals surface area contributed by atoms with Crippen LogP contribution in [0, 0.1) is 6.92 Å². The molecule has 102 valence electrons. The molecule has 0 fully saturated rings. The second kappa shape index (κ2) is 9.16. The van der Waals surface area contributed by atoms with Crippen LogP contribution in [-0.2, 0) is 0 Å². The summed E-state index contributed by atoms with van der Waals surface area (Å²) in [5.74, 6) is 0.678. The molecule has 0 aliphatic carbocycles. The lowest BCUT2D eigenvalue weighted by Crippen LogP contribution is -2.17. The van der Waals surface area contributed by atoms with Crippen molar-refractivity contribution in [1.29, 1.82) is 0 Å². The second-order valence-electron chi connectivity index (χ2n) is 5.37. The van der Waals surface area contributed by atoms with Gasteiger partial charge < -0.3 is 5.32 Å². The van der Waals surface area contributed by atoms with E-state index in [-0.39, 0.29) is 0 Å². The van der Waals surface area contributed by atoms with Crippen molar-refractivity contribution in [2.75, 3.05) is 13.6 Å². The fourth-order valence-electron chi connectivity index (χ4n) is 2.47. The van der Waals surface area contributed by atoms with Crippen LogP contribution in [-0.4, -0.2) is 13.6 Å². The number of likely N-dealkylation sites (N-methyl/N-ethyl adjacent to an activating group) is 1. The van der Waals surface area contributed by atoms with E-state index in [4.69, 9.17) is 0 Å². The lowest BCUT2D eigenvalue weighted by atomic mass is 9.92. The first-order valence-electron chi connectivity index (χ1n) is 7.49. The standard InChI is InChI=1S/C17H29N/c1-4-5-6-7-8-9-17(14-18-3)16-12-10-15(2)11-13-16/h10-13,17-18H,4-9,14H2,1-3H3. The summed E-state index contributed by atoms with van der Waals surface area (Å²) in [5.41, 5.74) is 2.84. The van der Waals surface area contributed by atoms with Crippen molar-refractivity contribution in [3.05, 3.63) is 35.4 Å². The highest BCUT2D eigenvalue weighted by Crippen LogP contribution is 2.22. The molecule has 0 spiro atoms. The molecular formula is C17H29N. The van der Waals surface area contributed by atoms with Crippen molar-refractivity contribution in [3.63, 3.8) is 0 Å². The maximum atomic E-state index is 3.33. The van der Waals surface area contributed by atoms with Gasteiger partial charge in [0.2, 0.25) is 0 Å². The number of nitrogens with one attached hydrogen (secondary N) is 1. The Hall–Kier alpha value is -0.820. The molecule has 1 unspecified atom stereocenters. The summed E-state index contributed by atoms with van der Waals surface area (Å²) in [5, 5.41) is 3.33. The Morgan fingerprint density at radius 3 is 2.28 bits per heavy atom. The highest BCUT2D eigenvalue weighted by atomic mass is 14.8. The van der Waals surface area contributed by atoms with E-state index in [0.29, 0.717) is 5.92 Å². The number of unbranched alkanes of at least 4 members (excludes halogenated alkanes) is 4. The molecule has 1 atom stereocenters. The van der Waals surface area contributed by atoms with Crippen molar-refractivity contribution < 1.29 is 0 Å². The van der Waals surface area contributed by atoms with Crippen LogP contribution < -0.4 is 5.32 Å². The predicted molar refractivity (Wildman–Crippen MR) is 81.2 cm³/mol. The van der Waals surface area contributed by atoms with Gasteiger partial charge in [0.1, 0.15) is 0 Å². The van der Waals surface area contributed by atoms with Gasteiger partial charge in [0, 0.05) is 6.54 Å². The normalized spacial score (nSPS) is 12.6. The van der Waals surface area contributed by atoms with Crippen LogP contribution in [0.4, 0.5) is 0 Å². The zero-order valence-corrected chi connectivity index (χ0v) is 12.3. The van der Waals surface area contributed by atoms with E-state index in [1.807, 2.05) is 0 Å². The Labute approximate surface area is 113 Å². The molecule has 0 saturated carbocycles. The monoisotopic (exact) mass is 247 g/mol. The average Bonchev–Trinajstić information content (AvgIpc) is 2.38. The van der Waals surface area contributed by atoms with Crippen LogP contribution in [0.25, 0.3) is 0 Å². The Kier molecular flexibility index (Phi) is 7.75. The highest BCUT2D eigenvalue weighted by Gasteiger charge is 2.09. The van der Waals surface area contributed by atoms with Crippen LogP contribution in [0.2, 0.25) is 0 Å². The second-order valence-corrected chi connectivity index (χ2v) is 5.37. The first-order valence-corrected chi connectivity index (χ1v) is 7.49. The molecule has 0 aromatic heterocycles. The maximum Gasteiger partial charge on any atom is 0.00171 e. The van der Waals surface area contributed by atoms with Crippen molar-refractivity contribution in [3.8, 4) is 0 Å². The van der Waals surface area contributed by atoms with Gasteiger partial charge in [-0.25, -0.2) is 0 Å². The minimum absolute atomic E-state index is 0.678. The van der Waals surface area contributed by atoms with Crippen LogP contribution in [0.15, 0.2) is 24.3 Å². The van der Waals surface area contributed by atoms with E-state index in [0.717, 1.165) is 6.54 Å². The molecule has 1 heteroatoms. The smallest absolute Gasteiger partial charge is 0.00171 e. The van der Waals surface area contributed by atoms with Gasteiger partial charge in [0.25, 0.3) is 0 Å². The van der Waals surface area contributed by atoms with Gasteiger partial charge >= 0.3 is 0 Å². The third-order valence-corrected chi connectivity index (χ3v) is 3.66. The lowest BCUT2D eigenvalue weighted by molar-refractivity contribution is 0.527. The third-order valence-electron chi connectivity index (χ3n) is 3.66. The SMILES string of the molecule is CCCCCCCC(CNC)c1ccc(C)cc1. The summed E-state index contributed by atoms with van der Waals surface area (Å²) >= 11 is 0. The molecule has 1 rings (SSSR count). The van der Waals surface area contributed by atoms with Gasteiger partial charge in [-0.15, -0.1) is 0 Å². The summed E-state index contributed by atoms with van der Waals surface area (Å²) in [7, 11) is 2.05. The number of aryl methyl sites for hydroxylation is 1. The third kappa shape index (κ3) is 5.68. The Balaban J connectivity index is 2.41. The Morgan fingerprint density at radius 1 is 1.00 bits per heavy atom. The predicted octanol–water partition coefficient (Wildman–Crippen LogP) is 4.66. The summed E-state index contributed by atoms with van der Waals surface area (Å²) < 4.78 is 0. The van der Waals surface area contributed by atoms with Gasteiger partial charge in [-0.1, -0.05) is 68.9 Å². The largest absolute Gasteiger partial charge is 0.319 e. The molecule has 0 heterocycles. The average molecular weight is 247 g/mol. The molecule has 0 radical (unpaired) electrons. The molecule has 18 heavy (non-hydrogen) atoms. The molecule has 1 aromatic rings. The lowest BCUT2D eigenvalue weighted by Gasteiger charge is -2.17. The zero-order chi connectivity index (χ0) is 13.2. The van der Waals surface area contributed by atoms with E-state index < -0.39 is 0 Å². The molecule has 1 nitrogen and oxygen atoms in total. The van der Waals surface area contributed by atoms with E-state index in [9.17, 15) is 0 Å². The molecular weight excluding hydrogens is 218 g/mol. The number of hydrogen-bond donors (Lipinski definition) is 1. The van der Waals surface area contributed by atoms with Crippen molar-refractivity contribution in [2.24, 2.45) is 0 Å².